The molecule has 0 radical (unpaired) electrons. The summed E-state index contributed by atoms with van der Waals surface area (Å²) in [6, 6.07) is 2.39. The number of hydrogen-bond acceptors (Lipinski definition) is 2. The fraction of sp³-hybridized carbons (Fsp3) is 0.571. The fourth-order valence-corrected chi connectivity index (χ4v) is 2.29. The summed E-state index contributed by atoms with van der Waals surface area (Å²) in [5, 5.41) is 0. The number of rotatable bonds is 5. The molecule has 0 aliphatic carbocycles. The monoisotopic (exact) mass is 257 g/mol. The van der Waals surface area contributed by atoms with Crippen LogP contribution in [0.4, 0.5) is 8.78 Å². The summed E-state index contributed by atoms with van der Waals surface area (Å²) in [6.45, 7) is 5.38. The van der Waals surface area contributed by atoms with Crippen molar-refractivity contribution in [1.82, 2.24) is 0 Å². The predicted octanol–water partition coefficient (Wildman–Crippen LogP) is 3.48. The van der Waals surface area contributed by atoms with E-state index < -0.39 is 23.3 Å². The summed E-state index contributed by atoms with van der Waals surface area (Å²) in [7, 11) is 1.55. The van der Waals surface area contributed by atoms with Gasteiger partial charge in [-0.05, 0) is 25.3 Å². The third kappa shape index (κ3) is 2.40. The van der Waals surface area contributed by atoms with Crippen LogP contribution in [0.2, 0.25) is 0 Å². The maximum atomic E-state index is 13.9. The Hall–Kier alpha value is -1.00. The zero-order valence-corrected chi connectivity index (χ0v) is 11.4. The van der Waals surface area contributed by atoms with Gasteiger partial charge in [0.1, 0.15) is 0 Å². The zero-order valence-electron chi connectivity index (χ0n) is 11.4. The van der Waals surface area contributed by atoms with Crippen molar-refractivity contribution in [3.05, 3.63) is 34.9 Å². The molecular formula is C14H21F2NO. The molecule has 1 atom stereocenters. The average molecular weight is 257 g/mol. The van der Waals surface area contributed by atoms with Crippen molar-refractivity contribution in [2.45, 2.75) is 45.3 Å². The molecule has 0 saturated heterocycles. The van der Waals surface area contributed by atoms with Gasteiger partial charge in [0.25, 0.3) is 0 Å². The van der Waals surface area contributed by atoms with E-state index in [0.717, 1.165) is 0 Å². The van der Waals surface area contributed by atoms with Crippen LogP contribution >= 0.6 is 0 Å². The highest BCUT2D eigenvalue weighted by atomic mass is 19.2. The van der Waals surface area contributed by atoms with Crippen LogP contribution in [0.15, 0.2) is 12.1 Å². The molecule has 1 aromatic carbocycles. The van der Waals surface area contributed by atoms with Crippen molar-refractivity contribution in [2.24, 2.45) is 5.73 Å². The van der Waals surface area contributed by atoms with E-state index in [9.17, 15) is 8.78 Å². The van der Waals surface area contributed by atoms with Gasteiger partial charge in [-0.3, -0.25) is 0 Å². The predicted molar refractivity (Wildman–Crippen MR) is 68.3 cm³/mol. The van der Waals surface area contributed by atoms with E-state index in [-0.39, 0.29) is 11.1 Å². The van der Waals surface area contributed by atoms with Gasteiger partial charge in [-0.15, -0.1) is 0 Å². The first-order chi connectivity index (χ1) is 8.43. The molecule has 2 nitrogen and oxygen atoms in total. The van der Waals surface area contributed by atoms with E-state index >= 15 is 0 Å². The molecule has 1 aromatic rings. The minimum atomic E-state index is -0.870. The lowest BCUT2D eigenvalue weighted by molar-refractivity contribution is -0.0394. The lowest BCUT2D eigenvalue weighted by Gasteiger charge is -2.36. The molecule has 2 N–H and O–H groups in total. The molecule has 0 saturated carbocycles. The molecular weight excluding hydrogens is 236 g/mol. The van der Waals surface area contributed by atoms with E-state index in [4.69, 9.17) is 10.5 Å². The third-order valence-corrected chi connectivity index (χ3v) is 3.81. The molecule has 1 rings (SSSR count). The van der Waals surface area contributed by atoms with E-state index in [0.29, 0.717) is 12.8 Å². The van der Waals surface area contributed by atoms with Gasteiger partial charge in [0, 0.05) is 12.7 Å². The first-order valence-corrected chi connectivity index (χ1v) is 6.18. The van der Waals surface area contributed by atoms with E-state index in [1.54, 1.807) is 13.2 Å². The van der Waals surface area contributed by atoms with Crippen LogP contribution in [0.3, 0.4) is 0 Å². The van der Waals surface area contributed by atoms with Crippen molar-refractivity contribution in [3.63, 3.8) is 0 Å². The van der Waals surface area contributed by atoms with Gasteiger partial charge in [-0.1, -0.05) is 26.0 Å². The molecule has 0 aliphatic rings. The molecule has 0 aromatic heterocycles. The van der Waals surface area contributed by atoms with Crippen LogP contribution in [0.5, 0.6) is 0 Å². The number of hydrogen-bond donors (Lipinski definition) is 1. The molecule has 0 bridgehead atoms. The zero-order chi connectivity index (χ0) is 13.9. The molecule has 0 amide bonds. The van der Waals surface area contributed by atoms with Crippen LogP contribution < -0.4 is 5.73 Å². The van der Waals surface area contributed by atoms with E-state index in [2.05, 4.69) is 0 Å². The molecule has 0 spiro atoms. The van der Waals surface area contributed by atoms with Crippen molar-refractivity contribution < 1.29 is 13.5 Å². The van der Waals surface area contributed by atoms with Crippen LogP contribution in [0.1, 0.15) is 43.9 Å². The Balaban J connectivity index is 3.25. The summed E-state index contributed by atoms with van der Waals surface area (Å²) in [6.07, 6.45) is 1.27. The molecule has 0 heterocycles. The Morgan fingerprint density at radius 3 is 2.22 bits per heavy atom. The van der Waals surface area contributed by atoms with Gasteiger partial charge in [-0.2, -0.15) is 0 Å². The largest absolute Gasteiger partial charge is 0.376 e. The van der Waals surface area contributed by atoms with E-state index in [1.807, 2.05) is 13.8 Å². The van der Waals surface area contributed by atoms with Gasteiger partial charge in [0.05, 0.1) is 11.6 Å². The number of methoxy groups -OCH3 is 1. The topological polar surface area (TPSA) is 35.2 Å². The SMILES string of the molecule is CCC(CC)(OC)C(N)c1ccc(C)c(F)c1F. The second kappa shape index (κ2) is 5.76. The smallest absolute Gasteiger partial charge is 0.163 e. The summed E-state index contributed by atoms with van der Waals surface area (Å²) >= 11 is 0. The van der Waals surface area contributed by atoms with Gasteiger partial charge in [0.15, 0.2) is 11.6 Å². The maximum Gasteiger partial charge on any atom is 0.163 e. The van der Waals surface area contributed by atoms with Crippen molar-refractivity contribution in [1.29, 1.82) is 0 Å². The summed E-state index contributed by atoms with van der Waals surface area (Å²) in [4.78, 5) is 0. The van der Waals surface area contributed by atoms with E-state index in [1.165, 1.54) is 13.0 Å². The highest BCUT2D eigenvalue weighted by molar-refractivity contribution is 5.29. The van der Waals surface area contributed by atoms with Crippen molar-refractivity contribution >= 4 is 0 Å². The Labute approximate surface area is 107 Å². The van der Waals surface area contributed by atoms with Crippen LogP contribution in [0, 0.1) is 18.6 Å². The Kier molecular flexibility index (Phi) is 4.82. The summed E-state index contributed by atoms with van der Waals surface area (Å²) in [5.74, 6) is -1.70. The standard InChI is InChI=1S/C14H21F2NO/c1-5-14(6-2,18-4)13(17)10-8-7-9(3)11(15)12(10)16/h7-8,13H,5-6,17H2,1-4H3. The van der Waals surface area contributed by atoms with Gasteiger partial charge >= 0.3 is 0 Å². The highest BCUT2D eigenvalue weighted by Crippen LogP contribution is 2.35. The van der Waals surface area contributed by atoms with Crippen molar-refractivity contribution in [3.8, 4) is 0 Å². The fourth-order valence-electron chi connectivity index (χ4n) is 2.29. The normalized spacial score (nSPS) is 13.7. The first kappa shape index (κ1) is 15.1. The molecule has 4 heteroatoms. The Bertz CT molecular complexity index is 408. The quantitative estimate of drug-likeness (QED) is 0.876. The van der Waals surface area contributed by atoms with Gasteiger partial charge in [0.2, 0.25) is 0 Å². The molecule has 18 heavy (non-hydrogen) atoms. The Morgan fingerprint density at radius 2 is 1.78 bits per heavy atom. The number of nitrogens with two attached hydrogens (primary N) is 1. The number of aryl methyl sites for hydroxylation is 1. The number of benzene rings is 1. The van der Waals surface area contributed by atoms with Crippen molar-refractivity contribution in [2.75, 3.05) is 7.11 Å². The average Bonchev–Trinajstić information content (AvgIpc) is 2.39. The molecule has 0 aliphatic heterocycles. The second-order valence-electron chi connectivity index (χ2n) is 4.55. The molecule has 102 valence electrons. The molecule has 0 fully saturated rings. The number of ether oxygens (including phenoxy) is 1. The summed E-state index contributed by atoms with van der Waals surface area (Å²) < 4.78 is 33.0. The first-order valence-electron chi connectivity index (χ1n) is 6.18. The van der Waals surface area contributed by atoms with Gasteiger partial charge in [-0.25, -0.2) is 8.78 Å². The van der Waals surface area contributed by atoms with Gasteiger partial charge < -0.3 is 10.5 Å². The molecule has 1 unspecified atom stereocenters. The number of halogens is 2. The van der Waals surface area contributed by atoms with Crippen LogP contribution in [0.25, 0.3) is 0 Å². The lowest BCUT2D eigenvalue weighted by Crippen LogP contribution is -2.42. The third-order valence-electron chi connectivity index (χ3n) is 3.81. The minimum Gasteiger partial charge on any atom is -0.376 e. The lowest BCUT2D eigenvalue weighted by atomic mass is 9.84. The van der Waals surface area contributed by atoms with Crippen LogP contribution in [-0.2, 0) is 4.74 Å². The minimum absolute atomic E-state index is 0.170. The van der Waals surface area contributed by atoms with Crippen LogP contribution in [-0.4, -0.2) is 12.7 Å². The highest BCUT2D eigenvalue weighted by Gasteiger charge is 2.36. The Morgan fingerprint density at radius 1 is 1.22 bits per heavy atom. The summed E-state index contributed by atoms with van der Waals surface area (Å²) in [5.41, 5.74) is 5.88. The maximum absolute atomic E-state index is 13.9. The second-order valence-corrected chi connectivity index (χ2v) is 4.55.